The molecular weight excluding hydrogens is 588 g/mol. The fraction of sp³-hybridized carbons (Fsp3) is 0.487. The molecule has 2 aliphatic heterocycles. The van der Waals surface area contributed by atoms with Crippen LogP contribution in [0.2, 0.25) is 0 Å². The molecule has 0 saturated carbocycles. The van der Waals surface area contributed by atoms with Crippen LogP contribution < -0.4 is 15.8 Å². The Balaban J connectivity index is 1.27. The maximum atomic E-state index is 14.0. The molecule has 0 spiro atoms. The first-order valence-electron chi connectivity index (χ1n) is 17.5. The van der Waals surface area contributed by atoms with E-state index in [1.807, 2.05) is 19.9 Å². The average Bonchev–Trinajstić information content (AvgIpc) is 3.10. The number of morpholine rings is 1. The number of nitrogens with one attached hydrogen (secondary N) is 2. The Bertz CT molecular complexity index is 1630. The fourth-order valence-electron chi connectivity index (χ4n) is 7.48. The van der Waals surface area contributed by atoms with Gasteiger partial charge in [0.25, 0.3) is 11.5 Å². The minimum Gasteiger partial charge on any atom is -0.381 e. The van der Waals surface area contributed by atoms with E-state index in [9.17, 15) is 9.59 Å². The van der Waals surface area contributed by atoms with Gasteiger partial charge in [-0.2, -0.15) is 0 Å². The van der Waals surface area contributed by atoms with Crippen molar-refractivity contribution in [2.75, 3.05) is 51.0 Å². The minimum atomic E-state index is -0.154. The number of hydrogen-bond donors (Lipinski definition) is 2. The molecule has 2 aromatic carbocycles. The molecular formula is C39H50N4O4. The minimum absolute atomic E-state index is 0.0924. The lowest BCUT2D eigenvalue weighted by molar-refractivity contribution is 0.0342. The van der Waals surface area contributed by atoms with Crippen LogP contribution in [0.3, 0.4) is 0 Å². The van der Waals surface area contributed by atoms with Crippen LogP contribution in [0.1, 0.15) is 87.6 Å². The van der Waals surface area contributed by atoms with Crippen LogP contribution in [0.4, 0.5) is 5.69 Å². The number of aryl methyl sites for hydroxylation is 1. The number of pyridine rings is 1. The van der Waals surface area contributed by atoms with Crippen LogP contribution in [-0.2, 0) is 35.4 Å². The summed E-state index contributed by atoms with van der Waals surface area (Å²) in [6, 6.07) is 13.3. The van der Waals surface area contributed by atoms with E-state index >= 15 is 0 Å². The van der Waals surface area contributed by atoms with Crippen LogP contribution in [0.25, 0.3) is 12.2 Å². The van der Waals surface area contributed by atoms with Crippen LogP contribution in [-0.4, -0.2) is 67.9 Å². The Hall–Kier alpha value is -3.72. The van der Waals surface area contributed by atoms with Crippen molar-refractivity contribution in [2.45, 2.75) is 78.4 Å². The average molecular weight is 639 g/mol. The lowest BCUT2D eigenvalue weighted by atomic mass is 9.88. The second-order valence-corrected chi connectivity index (χ2v) is 13.2. The molecule has 1 aliphatic carbocycles. The van der Waals surface area contributed by atoms with Crippen LogP contribution in [0.15, 0.2) is 41.2 Å². The van der Waals surface area contributed by atoms with Crippen molar-refractivity contribution in [2.24, 2.45) is 0 Å². The summed E-state index contributed by atoms with van der Waals surface area (Å²) in [4.78, 5) is 34.9. The number of hydrogen-bond acceptors (Lipinski definition) is 6. The maximum Gasteiger partial charge on any atom is 0.253 e. The summed E-state index contributed by atoms with van der Waals surface area (Å²) in [5.41, 5.74) is 10.0. The van der Waals surface area contributed by atoms with Crippen molar-refractivity contribution in [3.63, 3.8) is 0 Å². The van der Waals surface area contributed by atoms with Gasteiger partial charge in [-0.1, -0.05) is 36.4 Å². The number of ether oxygens (including phenoxy) is 2. The monoisotopic (exact) mass is 638 g/mol. The van der Waals surface area contributed by atoms with Gasteiger partial charge in [0.1, 0.15) is 0 Å². The number of carbonyl (C=O) groups excluding carboxylic acids is 1. The highest BCUT2D eigenvalue weighted by Gasteiger charge is 2.25. The highest BCUT2D eigenvalue weighted by atomic mass is 16.5. The number of benzene rings is 2. The number of carbonyl (C=O) groups is 1. The molecule has 2 fully saturated rings. The van der Waals surface area contributed by atoms with Crippen molar-refractivity contribution >= 4 is 23.7 Å². The smallest absolute Gasteiger partial charge is 0.253 e. The van der Waals surface area contributed by atoms with Gasteiger partial charge in [0.05, 0.1) is 13.2 Å². The van der Waals surface area contributed by atoms with Gasteiger partial charge in [-0.25, -0.2) is 0 Å². The topological polar surface area (TPSA) is 86.9 Å². The Morgan fingerprint density at radius 1 is 0.957 bits per heavy atom. The largest absolute Gasteiger partial charge is 0.381 e. The second kappa shape index (κ2) is 15.5. The summed E-state index contributed by atoms with van der Waals surface area (Å²) in [5, 5.41) is 3.14. The Morgan fingerprint density at radius 2 is 1.64 bits per heavy atom. The van der Waals surface area contributed by atoms with Crippen molar-refractivity contribution in [1.29, 1.82) is 0 Å². The molecule has 1 aromatic heterocycles. The Labute approximate surface area is 279 Å². The number of H-pyrrole nitrogens is 1. The number of fused-ring (bicyclic) bond motifs is 1. The molecule has 0 atom stereocenters. The summed E-state index contributed by atoms with van der Waals surface area (Å²) in [6.07, 6.45) is 10.2. The molecule has 3 aliphatic rings. The number of amides is 1. The zero-order valence-corrected chi connectivity index (χ0v) is 28.3. The SMILES string of the molecule is CCN(c1cc(/C=C/c2ccc(CN3CCOCC3)cc2)cc(C(=O)NCc2c3c(c(C)[nH]c2=O)CCCC3)c1C)C1CCOCC1. The van der Waals surface area contributed by atoms with E-state index in [4.69, 9.17) is 9.47 Å². The number of aromatic amines is 1. The normalized spacial score (nSPS) is 17.5. The van der Waals surface area contributed by atoms with E-state index in [1.165, 1.54) is 11.1 Å². The summed E-state index contributed by atoms with van der Waals surface area (Å²) < 4.78 is 11.2. The third-order valence-corrected chi connectivity index (χ3v) is 10.2. The summed E-state index contributed by atoms with van der Waals surface area (Å²) in [6.45, 7) is 13.3. The number of anilines is 1. The number of rotatable bonds is 10. The van der Waals surface area contributed by atoms with E-state index in [1.54, 1.807) is 0 Å². The molecule has 2 N–H and O–H groups in total. The molecule has 8 heteroatoms. The molecule has 6 rings (SSSR count). The Morgan fingerprint density at radius 3 is 2.36 bits per heavy atom. The predicted molar refractivity (Wildman–Crippen MR) is 189 cm³/mol. The van der Waals surface area contributed by atoms with Crippen LogP contribution in [0.5, 0.6) is 0 Å². The van der Waals surface area contributed by atoms with Gasteiger partial charge in [-0.05, 0) is 105 Å². The van der Waals surface area contributed by atoms with Gasteiger partial charge < -0.3 is 24.7 Å². The van der Waals surface area contributed by atoms with Gasteiger partial charge in [0, 0.05) is 74.5 Å². The standard InChI is InChI=1S/C39H50N4O4/c1-4-43(32-15-19-46-20-16-32)37-24-31(14-11-29-9-12-30(13-10-29)26-42-17-21-47-22-18-42)23-35(27(37)2)38(44)40-25-36-34-8-6-5-7-33(34)28(3)41-39(36)45/h9-14,23-24,32H,4-8,15-22,25-26H2,1-3H3,(H,40,44)(H,41,45)/b14-11+. The van der Waals surface area contributed by atoms with Crippen molar-refractivity contribution in [1.82, 2.24) is 15.2 Å². The molecule has 3 heterocycles. The molecule has 0 radical (unpaired) electrons. The van der Waals surface area contributed by atoms with E-state index in [-0.39, 0.29) is 18.0 Å². The first-order valence-corrected chi connectivity index (χ1v) is 17.5. The first-order chi connectivity index (χ1) is 22.9. The lowest BCUT2D eigenvalue weighted by Gasteiger charge is -2.36. The van der Waals surface area contributed by atoms with Crippen LogP contribution >= 0.6 is 0 Å². The lowest BCUT2D eigenvalue weighted by Crippen LogP contribution is -2.40. The third kappa shape index (κ3) is 7.88. The zero-order chi connectivity index (χ0) is 32.8. The van der Waals surface area contributed by atoms with Crippen LogP contribution in [0, 0.1) is 13.8 Å². The van der Waals surface area contributed by atoms with E-state index in [2.05, 4.69) is 69.5 Å². The van der Waals surface area contributed by atoms with E-state index < -0.39 is 0 Å². The van der Waals surface area contributed by atoms with E-state index in [0.717, 1.165) is 125 Å². The molecule has 47 heavy (non-hydrogen) atoms. The van der Waals surface area contributed by atoms with Crippen molar-refractivity contribution in [3.8, 4) is 0 Å². The molecule has 2 saturated heterocycles. The van der Waals surface area contributed by atoms with Gasteiger partial charge in [0.2, 0.25) is 0 Å². The molecule has 8 nitrogen and oxygen atoms in total. The molecule has 1 amide bonds. The summed E-state index contributed by atoms with van der Waals surface area (Å²) >= 11 is 0. The number of nitrogens with zero attached hydrogens (tertiary/aromatic N) is 2. The number of aromatic nitrogens is 1. The second-order valence-electron chi connectivity index (χ2n) is 13.2. The zero-order valence-electron chi connectivity index (χ0n) is 28.3. The van der Waals surface area contributed by atoms with Gasteiger partial charge in [-0.3, -0.25) is 14.5 Å². The fourth-order valence-corrected chi connectivity index (χ4v) is 7.48. The van der Waals surface area contributed by atoms with Crippen molar-refractivity contribution < 1.29 is 14.3 Å². The summed E-state index contributed by atoms with van der Waals surface area (Å²) in [5.74, 6) is -0.154. The van der Waals surface area contributed by atoms with E-state index in [0.29, 0.717) is 17.2 Å². The van der Waals surface area contributed by atoms with Crippen molar-refractivity contribution in [3.05, 3.63) is 97.0 Å². The molecule has 250 valence electrons. The molecule has 0 bridgehead atoms. The Kier molecular flexibility index (Phi) is 10.9. The quantitative estimate of drug-likeness (QED) is 0.273. The third-order valence-electron chi connectivity index (χ3n) is 10.2. The first kappa shape index (κ1) is 33.2. The van der Waals surface area contributed by atoms with Gasteiger partial charge in [0.15, 0.2) is 0 Å². The highest BCUT2D eigenvalue weighted by molar-refractivity contribution is 5.98. The predicted octanol–water partition coefficient (Wildman–Crippen LogP) is 5.81. The van der Waals surface area contributed by atoms with Gasteiger partial charge in [-0.15, -0.1) is 0 Å². The summed E-state index contributed by atoms with van der Waals surface area (Å²) in [7, 11) is 0. The molecule has 0 unspecified atom stereocenters. The maximum absolute atomic E-state index is 14.0. The highest BCUT2D eigenvalue weighted by Crippen LogP contribution is 2.31. The van der Waals surface area contributed by atoms with Gasteiger partial charge >= 0.3 is 0 Å². The molecule has 3 aromatic rings.